The maximum atomic E-state index is 14.6. The van der Waals surface area contributed by atoms with E-state index in [2.05, 4.69) is 6.07 Å². The molecule has 0 unspecified atom stereocenters. The molecule has 2 N–H and O–H groups in total. The van der Waals surface area contributed by atoms with Crippen molar-refractivity contribution in [3.8, 4) is 17.2 Å². The van der Waals surface area contributed by atoms with E-state index in [0.29, 0.717) is 64.5 Å². The number of carbonyl (C=O) groups excluding carboxylic acids is 2. The number of para-hydroxylation sites is 3. The highest BCUT2D eigenvalue weighted by atomic mass is 16.7. The first kappa shape index (κ1) is 28.5. The Morgan fingerprint density at radius 1 is 0.787 bits per heavy atom. The highest BCUT2D eigenvalue weighted by molar-refractivity contribution is 6.16. The molecule has 8 rings (SSSR count). The zero-order chi connectivity index (χ0) is 31.9. The number of amides is 2. The lowest BCUT2D eigenvalue weighted by molar-refractivity contribution is 0.0647. The molecule has 2 aliphatic heterocycles. The molecule has 1 aromatic heterocycles. The first-order valence-corrected chi connectivity index (χ1v) is 15.5. The van der Waals surface area contributed by atoms with Gasteiger partial charge < -0.3 is 20.1 Å². The van der Waals surface area contributed by atoms with Gasteiger partial charge >= 0.3 is 0 Å². The summed E-state index contributed by atoms with van der Waals surface area (Å²) in [6.45, 7) is 0.789. The lowest BCUT2D eigenvalue weighted by Crippen LogP contribution is -2.48. The van der Waals surface area contributed by atoms with Crippen LogP contribution in [0.15, 0.2) is 121 Å². The van der Waals surface area contributed by atoms with Crippen molar-refractivity contribution in [3.63, 3.8) is 0 Å². The number of hydrogen-bond donors (Lipinski definition) is 1. The van der Waals surface area contributed by atoms with Crippen LogP contribution >= 0.6 is 0 Å². The second-order valence-electron chi connectivity index (χ2n) is 11.6. The molecule has 9 nitrogen and oxygen atoms in total. The third kappa shape index (κ3) is 4.97. The standard InChI is InChI=1S/C38H31N5O4/c39-22-29-19-25-11-7-8-12-26(25)23-41(29)37(44)31-20-34-35(47-24-46-34)21-33(31)43-32-18-10-9-17-30(32)36(40-43)38(45)42(27-13-3-1-4-14-27)28-15-5-2-6-16-28/h1-18,20-21,29H,19,22-24,39H2/t29-/m0/s1. The van der Waals surface area contributed by atoms with Crippen molar-refractivity contribution in [2.45, 2.75) is 19.0 Å². The van der Waals surface area contributed by atoms with Gasteiger partial charge in [-0.25, -0.2) is 4.68 Å². The first-order valence-electron chi connectivity index (χ1n) is 15.5. The number of ether oxygens (including phenoxy) is 2. The molecule has 9 heteroatoms. The Kier molecular flexibility index (Phi) is 7.15. The van der Waals surface area contributed by atoms with E-state index in [9.17, 15) is 9.59 Å². The molecule has 2 aliphatic rings. The number of fused-ring (bicyclic) bond motifs is 3. The van der Waals surface area contributed by atoms with Crippen molar-refractivity contribution in [1.29, 1.82) is 0 Å². The third-order valence-corrected chi connectivity index (χ3v) is 8.86. The molecule has 0 radical (unpaired) electrons. The Balaban J connectivity index is 1.28. The van der Waals surface area contributed by atoms with E-state index < -0.39 is 0 Å². The third-order valence-electron chi connectivity index (χ3n) is 8.86. The second kappa shape index (κ2) is 11.8. The lowest BCUT2D eigenvalue weighted by atomic mass is 9.93. The maximum absolute atomic E-state index is 14.6. The van der Waals surface area contributed by atoms with Crippen LogP contribution in [-0.4, -0.2) is 45.9 Å². The van der Waals surface area contributed by atoms with Crippen LogP contribution in [-0.2, 0) is 13.0 Å². The van der Waals surface area contributed by atoms with Gasteiger partial charge in [0.1, 0.15) is 0 Å². The van der Waals surface area contributed by atoms with E-state index in [1.165, 1.54) is 5.56 Å². The average Bonchev–Trinajstić information content (AvgIpc) is 3.76. The van der Waals surface area contributed by atoms with Crippen molar-refractivity contribution in [3.05, 3.63) is 144 Å². The van der Waals surface area contributed by atoms with Gasteiger partial charge in [-0.1, -0.05) is 78.9 Å². The molecule has 0 fully saturated rings. The number of carbonyl (C=O) groups is 2. The summed E-state index contributed by atoms with van der Waals surface area (Å²) in [5.41, 5.74) is 11.7. The van der Waals surface area contributed by atoms with Crippen molar-refractivity contribution in [1.82, 2.24) is 14.7 Å². The van der Waals surface area contributed by atoms with E-state index in [-0.39, 0.29) is 30.3 Å². The van der Waals surface area contributed by atoms with Gasteiger partial charge in [0.25, 0.3) is 11.8 Å². The number of benzene rings is 5. The van der Waals surface area contributed by atoms with Gasteiger partial charge in [-0.15, -0.1) is 0 Å². The summed E-state index contributed by atoms with van der Waals surface area (Å²) < 4.78 is 13.2. The molecule has 6 aromatic rings. The predicted octanol–water partition coefficient (Wildman–Crippen LogP) is 6.26. The fourth-order valence-electron chi connectivity index (χ4n) is 6.52. The molecule has 5 aromatic carbocycles. The lowest BCUT2D eigenvalue weighted by Gasteiger charge is -2.36. The largest absolute Gasteiger partial charge is 0.454 e. The van der Waals surface area contributed by atoms with Gasteiger partial charge in [0.15, 0.2) is 17.2 Å². The summed E-state index contributed by atoms with van der Waals surface area (Å²) in [5.74, 6) is 0.470. The molecule has 1 atom stereocenters. The minimum atomic E-state index is -0.304. The average molecular weight is 622 g/mol. The minimum Gasteiger partial charge on any atom is -0.454 e. The molecule has 47 heavy (non-hydrogen) atoms. The normalized spacial score (nSPS) is 15.0. The number of nitrogens with two attached hydrogens (primary N) is 1. The molecule has 2 amide bonds. The predicted molar refractivity (Wildman–Crippen MR) is 179 cm³/mol. The van der Waals surface area contributed by atoms with Crippen molar-refractivity contribution in [2.24, 2.45) is 5.73 Å². The van der Waals surface area contributed by atoms with Gasteiger partial charge in [-0.05, 0) is 53.9 Å². The van der Waals surface area contributed by atoms with Crippen molar-refractivity contribution >= 4 is 34.1 Å². The molecule has 232 valence electrons. The van der Waals surface area contributed by atoms with Crippen LogP contribution in [0.3, 0.4) is 0 Å². The number of aromatic nitrogens is 2. The molecular weight excluding hydrogens is 590 g/mol. The Labute approximate surface area is 271 Å². The zero-order valence-electron chi connectivity index (χ0n) is 25.5. The van der Waals surface area contributed by atoms with Crippen molar-refractivity contribution < 1.29 is 19.1 Å². The molecule has 0 bridgehead atoms. The Morgan fingerprint density at radius 2 is 1.40 bits per heavy atom. The van der Waals surface area contributed by atoms with Crippen LogP contribution in [0.1, 0.15) is 32.0 Å². The van der Waals surface area contributed by atoms with E-state index in [1.54, 1.807) is 21.7 Å². The molecule has 3 heterocycles. The number of anilines is 2. The SMILES string of the molecule is NC[C@@H]1Cc2ccccc2CN1C(=O)c1cc2c(cc1-n1nc(C(=O)N(c3ccccc3)c3ccccc3)c3ccccc31)OCO2. The van der Waals surface area contributed by atoms with Gasteiger partial charge in [0, 0.05) is 42.0 Å². The molecule has 0 spiro atoms. The maximum Gasteiger partial charge on any atom is 0.283 e. The number of hydrogen-bond acceptors (Lipinski definition) is 6. The fraction of sp³-hybridized carbons (Fsp3) is 0.132. The van der Waals surface area contributed by atoms with Gasteiger partial charge in [-0.3, -0.25) is 14.5 Å². The fourth-order valence-corrected chi connectivity index (χ4v) is 6.52. The topological polar surface area (TPSA) is 103 Å². The van der Waals surface area contributed by atoms with Gasteiger partial charge in [0.2, 0.25) is 6.79 Å². The molecule has 0 aliphatic carbocycles. The van der Waals surface area contributed by atoms with Crippen molar-refractivity contribution in [2.75, 3.05) is 18.2 Å². The van der Waals surface area contributed by atoms with Crippen LogP contribution in [0, 0.1) is 0 Å². The first-order chi connectivity index (χ1) is 23.1. The Hall–Kier alpha value is -5.93. The van der Waals surface area contributed by atoms with E-state index in [1.807, 2.05) is 108 Å². The highest BCUT2D eigenvalue weighted by Gasteiger charge is 2.34. The monoisotopic (exact) mass is 621 g/mol. The zero-order valence-corrected chi connectivity index (χ0v) is 25.5. The van der Waals surface area contributed by atoms with Crippen LogP contribution in [0.5, 0.6) is 11.5 Å². The summed E-state index contributed by atoms with van der Waals surface area (Å²) in [6, 6.07) is 38.0. The summed E-state index contributed by atoms with van der Waals surface area (Å²) in [4.78, 5) is 32.6. The van der Waals surface area contributed by atoms with Crippen LogP contribution in [0.2, 0.25) is 0 Å². The number of nitrogens with zero attached hydrogens (tertiary/aromatic N) is 4. The molecule has 0 saturated carbocycles. The Bertz CT molecular complexity index is 2090. The summed E-state index contributed by atoms with van der Waals surface area (Å²) in [5, 5.41) is 5.60. The molecular formula is C38H31N5O4. The van der Waals surface area contributed by atoms with E-state index in [0.717, 1.165) is 5.56 Å². The van der Waals surface area contributed by atoms with Gasteiger partial charge in [-0.2, -0.15) is 5.10 Å². The van der Waals surface area contributed by atoms with E-state index >= 15 is 0 Å². The Morgan fingerprint density at radius 3 is 2.11 bits per heavy atom. The second-order valence-corrected chi connectivity index (χ2v) is 11.6. The smallest absolute Gasteiger partial charge is 0.283 e. The number of rotatable bonds is 6. The summed E-state index contributed by atoms with van der Waals surface area (Å²) in [6.07, 6.45) is 0.663. The molecule has 0 saturated heterocycles. The van der Waals surface area contributed by atoms with Crippen LogP contribution in [0.25, 0.3) is 16.6 Å². The van der Waals surface area contributed by atoms with Crippen LogP contribution in [0.4, 0.5) is 11.4 Å². The summed E-state index contributed by atoms with van der Waals surface area (Å²) in [7, 11) is 0. The highest BCUT2D eigenvalue weighted by Crippen LogP contribution is 2.39. The summed E-state index contributed by atoms with van der Waals surface area (Å²) >= 11 is 0. The van der Waals surface area contributed by atoms with Gasteiger partial charge in [0.05, 0.1) is 16.8 Å². The van der Waals surface area contributed by atoms with Crippen LogP contribution < -0.4 is 20.1 Å². The quantitative estimate of drug-likeness (QED) is 0.236. The van der Waals surface area contributed by atoms with E-state index in [4.69, 9.17) is 20.3 Å². The minimum absolute atomic E-state index is 0.0433.